The Morgan fingerprint density at radius 3 is 3.00 bits per heavy atom. The van der Waals surface area contributed by atoms with Crippen molar-refractivity contribution in [1.82, 2.24) is 0 Å². The van der Waals surface area contributed by atoms with Gasteiger partial charge in [-0.3, -0.25) is 0 Å². The molecule has 0 aromatic heterocycles. The van der Waals surface area contributed by atoms with Crippen LogP contribution in [0.5, 0.6) is 0 Å². The van der Waals surface area contributed by atoms with Gasteiger partial charge in [-0.2, -0.15) is 0 Å². The van der Waals surface area contributed by atoms with Gasteiger partial charge in [-0.05, 0) is 31.0 Å². The van der Waals surface area contributed by atoms with Gasteiger partial charge in [-0.1, -0.05) is 18.2 Å². The number of hydrogen-bond acceptors (Lipinski definition) is 3. The Balaban J connectivity index is 1.76. The Hall–Kier alpha value is -1.06. The summed E-state index contributed by atoms with van der Waals surface area (Å²) in [7, 11) is 0. The molecule has 1 fully saturated rings. The van der Waals surface area contributed by atoms with Crippen LogP contribution in [-0.2, 0) is 4.74 Å². The summed E-state index contributed by atoms with van der Waals surface area (Å²) in [6.07, 6.45) is 2.30. The van der Waals surface area contributed by atoms with Crippen molar-refractivity contribution < 1.29 is 4.74 Å². The fourth-order valence-electron chi connectivity index (χ4n) is 3.24. The van der Waals surface area contributed by atoms with Gasteiger partial charge in [0.25, 0.3) is 0 Å². The molecule has 2 aliphatic heterocycles. The molecule has 98 valence electrons. The lowest BCUT2D eigenvalue weighted by Gasteiger charge is -2.23. The van der Waals surface area contributed by atoms with Crippen LogP contribution in [0.2, 0.25) is 0 Å². The van der Waals surface area contributed by atoms with E-state index in [0.29, 0.717) is 11.8 Å². The predicted octanol–water partition coefficient (Wildman–Crippen LogP) is 1.98. The summed E-state index contributed by atoms with van der Waals surface area (Å²) in [5.74, 6) is 1.32. The fraction of sp³-hybridized carbons (Fsp3) is 0.600. The van der Waals surface area contributed by atoms with Crippen molar-refractivity contribution in [3.8, 4) is 0 Å². The minimum atomic E-state index is 0.619. The molecule has 0 bridgehead atoms. The zero-order valence-corrected chi connectivity index (χ0v) is 10.8. The highest BCUT2D eigenvalue weighted by atomic mass is 16.5. The first-order valence-electron chi connectivity index (χ1n) is 7.00. The second-order valence-electron chi connectivity index (χ2n) is 5.47. The lowest BCUT2D eigenvalue weighted by Crippen LogP contribution is -2.29. The first-order valence-corrected chi connectivity index (χ1v) is 7.00. The van der Waals surface area contributed by atoms with E-state index in [1.54, 1.807) is 0 Å². The molecule has 0 aliphatic carbocycles. The summed E-state index contributed by atoms with van der Waals surface area (Å²) in [6.45, 7) is 4.91. The summed E-state index contributed by atoms with van der Waals surface area (Å²) in [6, 6.07) is 8.80. The Morgan fingerprint density at radius 2 is 2.22 bits per heavy atom. The maximum absolute atomic E-state index is 5.74. The van der Waals surface area contributed by atoms with Gasteiger partial charge in [-0.15, -0.1) is 0 Å². The van der Waals surface area contributed by atoms with Crippen LogP contribution in [0.25, 0.3) is 0 Å². The summed E-state index contributed by atoms with van der Waals surface area (Å²) in [5.41, 5.74) is 8.64. The van der Waals surface area contributed by atoms with Gasteiger partial charge in [0.1, 0.15) is 0 Å². The predicted molar refractivity (Wildman–Crippen MR) is 74.0 cm³/mol. The molecular formula is C15H22N2O. The summed E-state index contributed by atoms with van der Waals surface area (Å²) < 4.78 is 5.48. The molecule has 3 heteroatoms. The number of nitrogens with zero attached hydrogens (tertiary/aromatic N) is 1. The molecule has 3 rings (SSSR count). The lowest BCUT2D eigenvalue weighted by molar-refractivity contribution is 0.186. The minimum Gasteiger partial charge on any atom is -0.381 e. The van der Waals surface area contributed by atoms with Crippen molar-refractivity contribution in [3.05, 3.63) is 29.8 Å². The molecular weight excluding hydrogens is 224 g/mol. The standard InChI is InChI=1S/C15H22N2O/c16-7-5-13-10-17(9-12-6-8-18-11-12)15-4-2-1-3-14(13)15/h1-4,12-13H,5-11,16H2. The van der Waals surface area contributed by atoms with Gasteiger partial charge >= 0.3 is 0 Å². The fourth-order valence-corrected chi connectivity index (χ4v) is 3.24. The van der Waals surface area contributed by atoms with Gasteiger partial charge in [-0.25, -0.2) is 0 Å². The van der Waals surface area contributed by atoms with Crippen molar-refractivity contribution in [2.45, 2.75) is 18.8 Å². The number of hydrogen-bond donors (Lipinski definition) is 1. The highest BCUT2D eigenvalue weighted by Gasteiger charge is 2.29. The first kappa shape index (κ1) is 12.0. The van der Waals surface area contributed by atoms with E-state index >= 15 is 0 Å². The molecule has 2 aliphatic rings. The summed E-state index contributed by atoms with van der Waals surface area (Å²) >= 11 is 0. The largest absolute Gasteiger partial charge is 0.381 e. The van der Waals surface area contributed by atoms with E-state index in [1.165, 1.54) is 17.7 Å². The van der Waals surface area contributed by atoms with Crippen LogP contribution in [0.3, 0.4) is 0 Å². The van der Waals surface area contributed by atoms with E-state index in [4.69, 9.17) is 10.5 Å². The van der Waals surface area contributed by atoms with Crippen LogP contribution >= 0.6 is 0 Å². The van der Waals surface area contributed by atoms with E-state index in [9.17, 15) is 0 Å². The average Bonchev–Trinajstić information content (AvgIpc) is 3.00. The van der Waals surface area contributed by atoms with Crippen LogP contribution < -0.4 is 10.6 Å². The molecule has 0 saturated carbocycles. The van der Waals surface area contributed by atoms with E-state index < -0.39 is 0 Å². The van der Waals surface area contributed by atoms with E-state index in [0.717, 1.165) is 39.3 Å². The molecule has 0 amide bonds. The third-order valence-corrected chi connectivity index (χ3v) is 4.18. The molecule has 0 spiro atoms. The van der Waals surface area contributed by atoms with Crippen molar-refractivity contribution in [1.29, 1.82) is 0 Å². The van der Waals surface area contributed by atoms with E-state index in [1.807, 2.05) is 0 Å². The molecule has 1 aromatic rings. The van der Waals surface area contributed by atoms with E-state index in [2.05, 4.69) is 29.2 Å². The van der Waals surface area contributed by atoms with Crippen LogP contribution in [0, 0.1) is 5.92 Å². The SMILES string of the molecule is NCCC1CN(CC2CCOC2)c2ccccc21. The van der Waals surface area contributed by atoms with Crippen LogP contribution in [0.4, 0.5) is 5.69 Å². The van der Waals surface area contributed by atoms with E-state index in [-0.39, 0.29) is 0 Å². The van der Waals surface area contributed by atoms with Crippen molar-refractivity contribution in [2.24, 2.45) is 11.7 Å². The number of para-hydroxylation sites is 1. The smallest absolute Gasteiger partial charge is 0.0512 e. The Labute approximate surface area is 109 Å². The summed E-state index contributed by atoms with van der Waals surface area (Å²) in [4.78, 5) is 2.54. The Kier molecular flexibility index (Phi) is 3.52. The van der Waals surface area contributed by atoms with Crippen molar-refractivity contribution >= 4 is 5.69 Å². The number of nitrogens with two attached hydrogens (primary N) is 1. The number of ether oxygens (including phenoxy) is 1. The highest BCUT2D eigenvalue weighted by Crippen LogP contribution is 2.38. The molecule has 1 saturated heterocycles. The number of benzene rings is 1. The number of anilines is 1. The normalized spacial score (nSPS) is 26.6. The topological polar surface area (TPSA) is 38.5 Å². The highest BCUT2D eigenvalue weighted by molar-refractivity contribution is 5.60. The van der Waals surface area contributed by atoms with Crippen LogP contribution in [0.1, 0.15) is 24.3 Å². The summed E-state index contributed by atoms with van der Waals surface area (Å²) in [5, 5.41) is 0. The Morgan fingerprint density at radius 1 is 1.33 bits per heavy atom. The maximum atomic E-state index is 5.74. The molecule has 2 atom stereocenters. The van der Waals surface area contributed by atoms with Crippen molar-refractivity contribution in [2.75, 3.05) is 37.7 Å². The monoisotopic (exact) mass is 246 g/mol. The third-order valence-electron chi connectivity index (χ3n) is 4.18. The number of rotatable bonds is 4. The van der Waals surface area contributed by atoms with Crippen molar-refractivity contribution in [3.63, 3.8) is 0 Å². The van der Waals surface area contributed by atoms with Crippen LogP contribution in [-0.4, -0.2) is 32.8 Å². The Bertz CT molecular complexity index is 401. The van der Waals surface area contributed by atoms with Crippen LogP contribution in [0.15, 0.2) is 24.3 Å². The zero-order chi connectivity index (χ0) is 12.4. The second kappa shape index (κ2) is 5.29. The average molecular weight is 246 g/mol. The molecule has 2 N–H and O–H groups in total. The van der Waals surface area contributed by atoms with Gasteiger partial charge in [0, 0.05) is 37.2 Å². The molecule has 1 aromatic carbocycles. The molecule has 0 radical (unpaired) electrons. The molecule has 3 nitrogen and oxygen atoms in total. The number of fused-ring (bicyclic) bond motifs is 1. The van der Waals surface area contributed by atoms with Gasteiger partial charge in [0.15, 0.2) is 0 Å². The third kappa shape index (κ3) is 2.25. The molecule has 2 unspecified atom stereocenters. The first-order chi connectivity index (χ1) is 8.88. The molecule has 2 heterocycles. The second-order valence-corrected chi connectivity index (χ2v) is 5.47. The van der Waals surface area contributed by atoms with Gasteiger partial charge in [0.2, 0.25) is 0 Å². The lowest BCUT2D eigenvalue weighted by atomic mass is 9.98. The van der Waals surface area contributed by atoms with Gasteiger partial charge in [0.05, 0.1) is 6.61 Å². The maximum Gasteiger partial charge on any atom is 0.0512 e. The quantitative estimate of drug-likeness (QED) is 0.883. The molecule has 18 heavy (non-hydrogen) atoms. The van der Waals surface area contributed by atoms with Gasteiger partial charge < -0.3 is 15.4 Å². The zero-order valence-electron chi connectivity index (χ0n) is 10.8. The minimum absolute atomic E-state index is 0.619.